The predicted octanol–water partition coefficient (Wildman–Crippen LogP) is 2.18. The summed E-state index contributed by atoms with van der Waals surface area (Å²) < 4.78 is 16.0. The molecule has 0 amide bonds. The maximum absolute atomic E-state index is 5.64. The Morgan fingerprint density at radius 2 is 1.63 bits per heavy atom. The molecule has 1 heterocycles. The van der Waals surface area contributed by atoms with Crippen molar-refractivity contribution in [2.24, 2.45) is 5.84 Å². The van der Waals surface area contributed by atoms with Gasteiger partial charge < -0.3 is 19.6 Å². The fraction of sp³-hybridized carbons (Fsp3) is 0.154. The van der Waals surface area contributed by atoms with E-state index in [1.807, 2.05) is 0 Å². The van der Waals surface area contributed by atoms with E-state index < -0.39 is 0 Å². The van der Waals surface area contributed by atoms with E-state index in [9.17, 15) is 0 Å². The lowest BCUT2D eigenvalue weighted by molar-refractivity contribution is 0.385. The second kappa shape index (κ2) is 5.92. The van der Waals surface area contributed by atoms with E-state index in [1.165, 1.54) is 0 Å². The Labute approximate surface area is 111 Å². The van der Waals surface area contributed by atoms with Crippen LogP contribution in [-0.2, 0) is 0 Å². The molecule has 0 saturated heterocycles. The molecule has 2 aromatic rings. The lowest BCUT2D eigenvalue weighted by Gasteiger charge is -2.10. The van der Waals surface area contributed by atoms with Crippen LogP contribution in [0.1, 0.15) is 0 Å². The summed E-state index contributed by atoms with van der Waals surface area (Å²) >= 11 is 0. The Balaban J connectivity index is 2.26. The first-order valence-corrected chi connectivity index (χ1v) is 5.59. The molecular formula is C13H15N3O3. The maximum atomic E-state index is 5.64. The van der Waals surface area contributed by atoms with Gasteiger partial charge in [0.25, 0.3) is 0 Å². The number of hydrazine groups is 1. The monoisotopic (exact) mass is 261 g/mol. The molecule has 0 spiro atoms. The number of nitrogens with zero attached hydrogens (tertiary/aromatic N) is 1. The van der Waals surface area contributed by atoms with Crippen LogP contribution < -0.4 is 25.5 Å². The molecule has 0 unspecified atom stereocenters. The van der Waals surface area contributed by atoms with Crippen LogP contribution in [0.3, 0.4) is 0 Å². The molecule has 0 fully saturated rings. The Kier molecular flexibility index (Phi) is 4.04. The quantitative estimate of drug-likeness (QED) is 0.634. The number of ether oxygens (including phenoxy) is 3. The summed E-state index contributed by atoms with van der Waals surface area (Å²) in [4.78, 5) is 4.16. The van der Waals surface area contributed by atoms with E-state index in [1.54, 1.807) is 50.6 Å². The Morgan fingerprint density at radius 3 is 2.21 bits per heavy atom. The molecule has 0 bridgehead atoms. The normalized spacial score (nSPS) is 9.84. The molecular weight excluding hydrogens is 246 g/mol. The molecule has 100 valence electrons. The average Bonchev–Trinajstić information content (AvgIpc) is 2.47. The van der Waals surface area contributed by atoms with Crippen molar-refractivity contribution < 1.29 is 14.2 Å². The van der Waals surface area contributed by atoms with Gasteiger partial charge in [0.05, 0.1) is 14.2 Å². The van der Waals surface area contributed by atoms with Crippen molar-refractivity contribution in [2.45, 2.75) is 0 Å². The maximum Gasteiger partial charge on any atom is 0.221 e. The molecule has 3 N–H and O–H groups in total. The van der Waals surface area contributed by atoms with Crippen molar-refractivity contribution in [1.82, 2.24) is 4.98 Å². The van der Waals surface area contributed by atoms with Crippen LogP contribution in [0, 0.1) is 0 Å². The molecule has 0 saturated carbocycles. The van der Waals surface area contributed by atoms with Gasteiger partial charge in [0.15, 0.2) is 0 Å². The largest absolute Gasteiger partial charge is 0.496 e. The highest BCUT2D eigenvalue weighted by Gasteiger charge is 2.05. The van der Waals surface area contributed by atoms with Crippen molar-refractivity contribution >= 4 is 5.82 Å². The second-order valence-corrected chi connectivity index (χ2v) is 3.66. The number of benzene rings is 1. The van der Waals surface area contributed by atoms with Gasteiger partial charge >= 0.3 is 0 Å². The summed E-state index contributed by atoms with van der Waals surface area (Å²) in [6.45, 7) is 0. The molecule has 2 rings (SSSR count). The van der Waals surface area contributed by atoms with Crippen LogP contribution in [-0.4, -0.2) is 19.2 Å². The topological polar surface area (TPSA) is 78.6 Å². The first-order chi connectivity index (χ1) is 9.25. The van der Waals surface area contributed by atoms with E-state index >= 15 is 0 Å². The second-order valence-electron chi connectivity index (χ2n) is 3.66. The third-order valence-electron chi connectivity index (χ3n) is 2.42. The predicted molar refractivity (Wildman–Crippen MR) is 71.7 cm³/mol. The number of aromatic nitrogens is 1. The summed E-state index contributed by atoms with van der Waals surface area (Å²) in [5.74, 6) is 8.09. The molecule has 0 aliphatic carbocycles. The van der Waals surface area contributed by atoms with Crippen molar-refractivity contribution in [3.8, 4) is 23.1 Å². The van der Waals surface area contributed by atoms with Gasteiger partial charge in [0.2, 0.25) is 5.88 Å². The minimum absolute atomic E-state index is 0.422. The standard InChI is InChI=1S/C13H15N3O3/c1-17-9-6-10(18-2)8-11(7-9)19-13-5-3-4-12(15-13)16-14/h3-8H,14H2,1-2H3,(H,15,16). The van der Waals surface area contributed by atoms with Crippen LogP contribution in [0.25, 0.3) is 0 Å². The summed E-state index contributed by atoms with van der Waals surface area (Å²) in [5.41, 5.74) is 2.46. The fourth-order valence-electron chi connectivity index (χ4n) is 1.51. The van der Waals surface area contributed by atoms with Gasteiger partial charge in [-0.05, 0) is 6.07 Å². The highest BCUT2D eigenvalue weighted by atomic mass is 16.5. The molecule has 6 heteroatoms. The molecule has 1 aromatic carbocycles. The minimum atomic E-state index is 0.422. The number of rotatable bonds is 5. The number of nitrogens with two attached hydrogens (primary N) is 1. The highest BCUT2D eigenvalue weighted by Crippen LogP contribution is 2.30. The average molecular weight is 261 g/mol. The molecule has 0 atom stereocenters. The number of hydrogen-bond donors (Lipinski definition) is 2. The lowest BCUT2D eigenvalue weighted by Crippen LogP contribution is -2.08. The Hall–Kier alpha value is -2.47. The van der Waals surface area contributed by atoms with Gasteiger partial charge in [-0.3, -0.25) is 0 Å². The molecule has 0 radical (unpaired) electrons. The summed E-state index contributed by atoms with van der Waals surface area (Å²) in [7, 11) is 3.16. The summed E-state index contributed by atoms with van der Waals surface area (Å²) in [6, 6.07) is 10.5. The zero-order valence-corrected chi connectivity index (χ0v) is 10.7. The number of pyridine rings is 1. The van der Waals surface area contributed by atoms with Crippen molar-refractivity contribution in [1.29, 1.82) is 0 Å². The van der Waals surface area contributed by atoms with E-state index in [0.717, 1.165) is 0 Å². The Bertz CT molecular complexity index is 538. The minimum Gasteiger partial charge on any atom is -0.496 e. The SMILES string of the molecule is COc1cc(OC)cc(Oc2cccc(NN)n2)c1. The van der Waals surface area contributed by atoms with Gasteiger partial charge in [0.1, 0.15) is 23.1 Å². The van der Waals surface area contributed by atoms with E-state index in [-0.39, 0.29) is 0 Å². The summed E-state index contributed by atoms with van der Waals surface area (Å²) in [5, 5.41) is 0. The fourth-order valence-corrected chi connectivity index (χ4v) is 1.51. The van der Waals surface area contributed by atoms with Gasteiger partial charge in [-0.1, -0.05) is 6.07 Å². The molecule has 6 nitrogen and oxygen atoms in total. The molecule has 0 aliphatic rings. The number of nitrogens with one attached hydrogen (secondary N) is 1. The van der Waals surface area contributed by atoms with Crippen LogP contribution in [0.15, 0.2) is 36.4 Å². The highest BCUT2D eigenvalue weighted by molar-refractivity contribution is 5.44. The van der Waals surface area contributed by atoms with E-state index in [4.69, 9.17) is 20.1 Å². The zero-order chi connectivity index (χ0) is 13.7. The zero-order valence-electron chi connectivity index (χ0n) is 10.7. The molecule has 1 aromatic heterocycles. The molecule has 0 aliphatic heterocycles. The number of methoxy groups -OCH3 is 2. The van der Waals surface area contributed by atoms with Crippen molar-refractivity contribution in [2.75, 3.05) is 19.6 Å². The number of anilines is 1. The number of nitrogen functional groups attached to an aromatic ring is 1. The van der Waals surface area contributed by atoms with Gasteiger partial charge in [-0.25, -0.2) is 5.84 Å². The Morgan fingerprint density at radius 1 is 1.00 bits per heavy atom. The lowest BCUT2D eigenvalue weighted by atomic mass is 10.3. The third-order valence-corrected chi connectivity index (χ3v) is 2.42. The number of hydrogen-bond acceptors (Lipinski definition) is 6. The first-order valence-electron chi connectivity index (χ1n) is 5.59. The summed E-state index contributed by atoms with van der Waals surface area (Å²) in [6.07, 6.45) is 0. The van der Waals surface area contributed by atoms with Crippen LogP contribution >= 0.6 is 0 Å². The molecule has 19 heavy (non-hydrogen) atoms. The van der Waals surface area contributed by atoms with Gasteiger partial charge in [0, 0.05) is 24.3 Å². The first kappa shape index (κ1) is 13.0. The van der Waals surface area contributed by atoms with E-state index in [2.05, 4.69) is 10.4 Å². The van der Waals surface area contributed by atoms with Crippen LogP contribution in [0.4, 0.5) is 5.82 Å². The van der Waals surface area contributed by atoms with Crippen LogP contribution in [0.2, 0.25) is 0 Å². The van der Waals surface area contributed by atoms with Gasteiger partial charge in [-0.15, -0.1) is 0 Å². The van der Waals surface area contributed by atoms with Gasteiger partial charge in [-0.2, -0.15) is 4.98 Å². The van der Waals surface area contributed by atoms with Crippen LogP contribution in [0.5, 0.6) is 23.1 Å². The van der Waals surface area contributed by atoms with Crippen molar-refractivity contribution in [3.05, 3.63) is 36.4 Å². The third kappa shape index (κ3) is 3.26. The van der Waals surface area contributed by atoms with Crippen molar-refractivity contribution in [3.63, 3.8) is 0 Å². The van der Waals surface area contributed by atoms with E-state index in [0.29, 0.717) is 28.9 Å². The smallest absolute Gasteiger partial charge is 0.221 e.